The maximum Gasteiger partial charge on any atom is 0.330 e. The maximum atomic E-state index is 11.0. The van der Waals surface area contributed by atoms with E-state index in [1.54, 1.807) is 0 Å². The van der Waals surface area contributed by atoms with Crippen molar-refractivity contribution >= 4 is 5.97 Å². The monoisotopic (exact) mass is 458 g/mol. The third-order valence-electron chi connectivity index (χ3n) is 7.39. The summed E-state index contributed by atoms with van der Waals surface area (Å²) in [5.74, 6) is 1.42. The van der Waals surface area contributed by atoms with Gasteiger partial charge in [-0.25, -0.2) is 4.79 Å². The number of carbonyl (C=O) groups is 1. The second-order valence-electron chi connectivity index (χ2n) is 9.59. The summed E-state index contributed by atoms with van der Waals surface area (Å²) in [4.78, 5) is 11.0. The predicted octanol–water partition coefficient (Wildman–Crippen LogP) is 5.99. The average molecular weight is 459 g/mol. The van der Waals surface area contributed by atoms with E-state index in [0.717, 1.165) is 36.7 Å². The summed E-state index contributed by atoms with van der Waals surface area (Å²) < 4.78 is 22.3. The van der Waals surface area contributed by atoms with Crippen LogP contribution in [0.4, 0.5) is 0 Å². The van der Waals surface area contributed by atoms with E-state index in [1.165, 1.54) is 63.0 Å². The number of methoxy groups -OCH3 is 1. The molecule has 0 heterocycles. The molecule has 1 aromatic rings. The number of unbranched alkanes of at least 4 members (excludes halogenated alkanes) is 1. The Hall–Kier alpha value is -1.69. The summed E-state index contributed by atoms with van der Waals surface area (Å²) in [7, 11) is 1.85. The van der Waals surface area contributed by atoms with Crippen molar-refractivity contribution in [2.75, 3.05) is 20.5 Å². The van der Waals surface area contributed by atoms with Crippen LogP contribution in [0.2, 0.25) is 0 Å². The summed E-state index contributed by atoms with van der Waals surface area (Å²) >= 11 is 0. The number of aryl methyl sites for hydroxylation is 1. The number of esters is 1. The van der Waals surface area contributed by atoms with Gasteiger partial charge in [0.2, 0.25) is 0 Å². The zero-order valence-electron chi connectivity index (χ0n) is 20.3. The van der Waals surface area contributed by atoms with Crippen molar-refractivity contribution in [2.24, 2.45) is 11.8 Å². The lowest BCUT2D eigenvalue weighted by atomic mass is 9.72. The van der Waals surface area contributed by atoms with Crippen molar-refractivity contribution in [2.45, 2.75) is 89.4 Å². The highest BCUT2D eigenvalue weighted by molar-refractivity contribution is 5.81. The zero-order chi connectivity index (χ0) is 23.3. The molecular formula is C28H42O5. The van der Waals surface area contributed by atoms with Gasteiger partial charge in [-0.2, -0.15) is 0 Å². The van der Waals surface area contributed by atoms with Crippen LogP contribution < -0.4 is 0 Å². The van der Waals surface area contributed by atoms with Gasteiger partial charge in [-0.15, -0.1) is 0 Å². The van der Waals surface area contributed by atoms with Gasteiger partial charge in [0.05, 0.1) is 25.4 Å². The van der Waals surface area contributed by atoms with Gasteiger partial charge in [-0.1, -0.05) is 30.8 Å². The van der Waals surface area contributed by atoms with Crippen molar-refractivity contribution in [3.05, 3.63) is 48.0 Å². The molecule has 0 aliphatic heterocycles. The lowest BCUT2D eigenvalue weighted by Crippen LogP contribution is -2.30. The van der Waals surface area contributed by atoms with Gasteiger partial charge in [-0.05, 0) is 93.6 Å². The molecule has 0 aromatic heterocycles. The summed E-state index contributed by atoms with van der Waals surface area (Å²) in [6.07, 6.45) is 14.9. The minimum Gasteiger partial charge on any atom is -0.463 e. The van der Waals surface area contributed by atoms with Crippen LogP contribution in [0, 0.1) is 11.8 Å². The molecule has 0 atom stereocenters. The summed E-state index contributed by atoms with van der Waals surface area (Å²) in [5, 5.41) is 0. The number of carbonyl (C=O) groups excluding carboxylic acids is 1. The van der Waals surface area contributed by atoms with Crippen LogP contribution in [-0.2, 0) is 36.8 Å². The van der Waals surface area contributed by atoms with Crippen LogP contribution in [0.5, 0.6) is 0 Å². The van der Waals surface area contributed by atoms with E-state index < -0.39 is 0 Å². The Balaban J connectivity index is 1.22. The third-order valence-corrected chi connectivity index (χ3v) is 7.39. The first-order valence-electron chi connectivity index (χ1n) is 12.8. The Labute approximate surface area is 199 Å². The van der Waals surface area contributed by atoms with E-state index in [2.05, 4.69) is 30.8 Å². The molecule has 0 N–H and O–H groups in total. The van der Waals surface area contributed by atoms with E-state index in [0.29, 0.717) is 32.2 Å². The quantitative estimate of drug-likeness (QED) is 0.157. The highest BCUT2D eigenvalue weighted by atomic mass is 16.7. The normalized spacial score (nSPS) is 25.5. The molecular weight excluding hydrogens is 416 g/mol. The summed E-state index contributed by atoms with van der Waals surface area (Å²) in [6.45, 7) is 4.80. The Bertz CT molecular complexity index is 685. The van der Waals surface area contributed by atoms with Gasteiger partial charge in [0.25, 0.3) is 0 Å². The maximum absolute atomic E-state index is 11.0. The Morgan fingerprint density at radius 1 is 0.909 bits per heavy atom. The Kier molecular flexibility index (Phi) is 11.4. The molecule has 0 bridgehead atoms. The van der Waals surface area contributed by atoms with E-state index >= 15 is 0 Å². The fourth-order valence-electron chi connectivity index (χ4n) is 5.29. The van der Waals surface area contributed by atoms with Crippen LogP contribution in [0.15, 0.2) is 36.9 Å². The molecule has 1 aromatic carbocycles. The molecule has 0 unspecified atom stereocenters. The summed E-state index contributed by atoms with van der Waals surface area (Å²) in [5.41, 5.74) is 2.45. The molecule has 5 nitrogen and oxygen atoms in total. The lowest BCUT2D eigenvalue weighted by molar-refractivity contribution is -0.137. The molecule has 0 radical (unpaired) electrons. The van der Waals surface area contributed by atoms with Crippen molar-refractivity contribution < 1.29 is 23.7 Å². The molecule has 2 fully saturated rings. The molecule has 184 valence electrons. The number of rotatable bonds is 13. The molecule has 3 rings (SSSR count). The van der Waals surface area contributed by atoms with E-state index in [1.807, 2.05) is 7.11 Å². The Morgan fingerprint density at radius 2 is 1.52 bits per heavy atom. The second kappa shape index (κ2) is 14.5. The molecule has 0 amide bonds. The van der Waals surface area contributed by atoms with Gasteiger partial charge < -0.3 is 18.9 Å². The van der Waals surface area contributed by atoms with Crippen LogP contribution in [-0.4, -0.2) is 38.7 Å². The number of hydrogen-bond acceptors (Lipinski definition) is 5. The fourth-order valence-corrected chi connectivity index (χ4v) is 5.29. The fraction of sp³-hybridized carbons (Fsp3) is 0.679. The molecule has 0 saturated heterocycles. The molecule has 5 heteroatoms. The predicted molar refractivity (Wildman–Crippen MR) is 130 cm³/mol. The highest BCUT2D eigenvalue weighted by Gasteiger charge is 2.31. The number of hydrogen-bond donors (Lipinski definition) is 0. The van der Waals surface area contributed by atoms with Gasteiger partial charge in [0, 0.05) is 13.2 Å². The first kappa shape index (κ1) is 25.9. The highest BCUT2D eigenvalue weighted by Crippen LogP contribution is 2.39. The van der Waals surface area contributed by atoms with Crippen LogP contribution in [0.3, 0.4) is 0 Å². The number of benzene rings is 1. The van der Waals surface area contributed by atoms with Gasteiger partial charge >= 0.3 is 5.97 Å². The van der Waals surface area contributed by atoms with E-state index in [-0.39, 0.29) is 5.97 Å². The summed E-state index contributed by atoms with van der Waals surface area (Å²) in [6, 6.07) is 8.54. The largest absolute Gasteiger partial charge is 0.463 e. The molecule has 2 saturated carbocycles. The van der Waals surface area contributed by atoms with Crippen LogP contribution in [0.1, 0.15) is 75.3 Å². The molecule has 33 heavy (non-hydrogen) atoms. The second-order valence-corrected chi connectivity index (χ2v) is 9.59. The molecule has 0 spiro atoms. The van der Waals surface area contributed by atoms with Gasteiger partial charge in [0.1, 0.15) is 6.79 Å². The van der Waals surface area contributed by atoms with E-state index in [9.17, 15) is 4.79 Å². The van der Waals surface area contributed by atoms with Crippen LogP contribution in [0.25, 0.3) is 0 Å². The topological polar surface area (TPSA) is 54.0 Å². The van der Waals surface area contributed by atoms with Crippen molar-refractivity contribution in [1.29, 1.82) is 0 Å². The van der Waals surface area contributed by atoms with Crippen molar-refractivity contribution in [3.63, 3.8) is 0 Å². The number of ether oxygens (including phenoxy) is 4. The van der Waals surface area contributed by atoms with Crippen molar-refractivity contribution in [3.8, 4) is 0 Å². The SMILES string of the molecule is C=CC(=O)OCCCCc1ccc(COCOC2CCC(C3CCC(OC)CC3)CC2)cc1. The first-order valence-corrected chi connectivity index (χ1v) is 12.8. The first-order chi connectivity index (χ1) is 16.2. The van der Waals surface area contributed by atoms with Gasteiger partial charge in [-0.3, -0.25) is 0 Å². The smallest absolute Gasteiger partial charge is 0.330 e. The average Bonchev–Trinajstić information content (AvgIpc) is 2.87. The minimum atomic E-state index is -0.350. The van der Waals surface area contributed by atoms with Crippen LogP contribution >= 0.6 is 0 Å². The molecule has 2 aliphatic carbocycles. The van der Waals surface area contributed by atoms with Crippen molar-refractivity contribution in [1.82, 2.24) is 0 Å². The third kappa shape index (κ3) is 9.23. The van der Waals surface area contributed by atoms with Gasteiger partial charge in [0.15, 0.2) is 0 Å². The lowest BCUT2D eigenvalue weighted by Gasteiger charge is -2.37. The standard InChI is InChI=1S/C28H42O5/c1-3-28(29)32-19-5-4-6-22-7-9-23(10-8-22)20-31-21-33-27-17-13-25(14-18-27)24-11-15-26(30-2)16-12-24/h3,7-10,24-27H,1,4-6,11-21H2,2H3. The Morgan fingerprint density at radius 3 is 2.12 bits per heavy atom. The minimum absolute atomic E-state index is 0.350. The zero-order valence-corrected chi connectivity index (χ0v) is 20.3. The molecule has 2 aliphatic rings. The van der Waals surface area contributed by atoms with E-state index in [4.69, 9.17) is 18.9 Å².